The van der Waals surface area contributed by atoms with Gasteiger partial charge in [0.05, 0.1) is 22.6 Å². The van der Waals surface area contributed by atoms with Crippen LogP contribution >= 0.6 is 0 Å². The first-order valence-corrected chi connectivity index (χ1v) is 7.23. The van der Waals surface area contributed by atoms with E-state index in [9.17, 15) is 9.59 Å². The fourth-order valence-electron chi connectivity index (χ4n) is 3.00. The van der Waals surface area contributed by atoms with Crippen molar-refractivity contribution < 1.29 is 19.2 Å². The van der Waals surface area contributed by atoms with E-state index in [1.807, 2.05) is 0 Å². The third kappa shape index (κ3) is 2.54. The average molecular weight is 303 g/mol. The van der Waals surface area contributed by atoms with Crippen LogP contribution in [0.25, 0.3) is 11.1 Å². The van der Waals surface area contributed by atoms with Gasteiger partial charge in [-0.2, -0.15) is 0 Å². The number of fused-ring (bicyclic) bond motifs is 1. The fourth-order valence-corrected chi connectivity index (χ4v) is 3.00. The lowest BCUT2D eigenvalue weighted by Gasteiger charge is -2.13. The van der Waals surface area contributed by atoms with Gasteiger partial charge in [0.2, 0.25) is 0 Å². The van der Waals surface area contributed by atoms with Crippen LogP contribution in [0.15, 0.2) is 10.6 Å². The quantitative estimate of drug-likeness (QED) is 0.896. The van der Waals surface area contributed by atoms with E-state index in [0.717, 1.165) is 0 Å². The Morgan fingerprint density at radius 3 is 2.82 bits per heavy atom. The largest absolute Gasteiger partial charge is 0.481 e. The van der Waals surface area contributed by atoms with Gasteiger partial charge in [0.1, 0.15) is 0 Å². The van der Waals surface area contributed by atoms with Gasteiger partial charge in [-0.05, 0) is 39.2 Å². The monoisotopic (exact) mass is 303 g/mol. The van der Waals surface area contributed by atoms with Gasteiger partial charge in [0, 0.05) is 11.7 Å². The number of carboxylic acid groups (broad SMARTS) is 1. The maximum atomic E-state index is 12.5. The number of aliphatic carboxylic acids is 1. The van der Waals surface area contributed by atoms with E-state index < -0.39 is 5.97 Å². The van der Waals surface area contributed by atoms with Crippen molar-refractivity contribution >= 4 is 23.0 Å². The van der Waals surface area contributed by atoms with Crippen LogP contribution in [-0.4, -0.2) is 33.2 Å². The van der Waals surface area contributed by atoms with Crippen LogP contribution in [0.1, 0.15) is 41.0 Å². The maximum absolute atomic E-state index is 12.5. The molecule has 2 atom stereocenters. The van der Waals surface area contributed by atoms with Crippen LogP contribution in [0.2, 0.25) is 0 Å². The number of nitrogens with zero attached hydrogens (tertiary/aromatic N) is 2. The van der Waals surface area contributed by atoms with Crippen LogP contribution in [0.3, 0.4) is 0 Å². The second-order valence-electron chi connectivity index (χ2n) is 5.78. The van der Waals surface area contributed by atoms with Crippen LogP contribution in [0, 0.1) is 19.8 Å². The Balaban J connectivity index is 1.84. The van der Waals surface area contributed by atoms with E-state index >= 15 is 0 Å². The molecule has 7 nitrogen and oxygen atoms in total. The molecule has 2 N–H and O–H groups in total. The molecule has 1 aliphatic carbocycles. The number of hydrogen-bond donors (Lipinski definition) is 2. The zero-order valence-corrected chi connectivity index (χ0v) is 12.4. The van der Waals surface area contributed by atoms with Gasteiger partial charge in [-0.3, -0.25) is 9.59 Å². The Kier molecular flexibility index (Phi) is 3.56. The SMILES string of the molecule is Cc1cc(C(=O)N[C@H]2CC[C@@H](C(=O)O)C2)c2c(C)noc2n1. The van der Waals surface area contributed by atoms with Crippen molar-refractivity contribution in [3.05, 3.63) is 23.0 Å². The molecule has 2 aromatic rings. The second-order valence-corrected chi connectivity index (χ2v) is 5.78. The molecule has 0 saturated heterocycles. The summed E-state index contributed by atoms with van der Waals surface area (Å²) in [7, 11) is 0. The molecule has 0 bridgehead atoms. The van der Waals surface area contributed by atoms with Gasteiger partial charge in [0.15, 0.2) is 0 Å². The predicted molar refractivity (Wildman–Crippen MR) is 77.5 cm³/mol. The number of carbonyl (C=O) groups is 2. The van der Waals surface area contributed by atoms with E-state index in [1.54, 1.807) is 19.9 Å². The lowest BCUT2D eigenvalue weighted by atomic mass is 10.1. The number of carboxylic acids is 1. The van der Waals surface area contributed by atoms with Gasteiger partial charge in [-0.15, -0.1) is 0 Å². The standard InChI is InChI=1S/C15H17N3O4/c1-7-5-11(12-8(2)18-22-14(12)16-7)13(19)17-10-4-3-9(6-10)15(20)21/h5,9-10H,3-4,6H2,1-2H3,(H,17,19)(H,20,21)/t9-,10+/m1/s1. The second kappa shape index (κ2) is 5.40. The smallest absolute Gasteiger partial charge is 0.306 e. The summed E-state index contributed by atoms with van der Waals surface area (Å²) >= 11 is 0. The molecule has 1 amide bonds. The highest BCUT2D eigenvalue weighted by molar-refractivity contribution is 6.06. The number of carbonyl (C=O) groups excluding carboxylic acids is 1. The highest BCUT2D eigenvalue weighted by Gasteiger charge is 2.31. The van der Waals surface area contributed by atoms with Crippen LogP contribution in [-0.2, 0) is 4.79 Å². The third-order valence-electron chi connectivity index (χ3n) is 4.11. The lowest BCUT2D eigenvalue weighted by Crippen LogP contribution is -2.33. The molecule has 0 spiro atoms. The van der Waals surface area contributed by atoms with E-state index in [2.05, 4.69) is 15.5 Å². The summed E-state index contributed by atoms with van der Waals surface area (Å²) in [5.74, 6) is -1.41. The molecule has 2 aromatic heterocycles. The van der Waals surface area contributed by atoms with Crippen molar-refractivity contribution in [1.29, 1.82) is 0 Å². The number of aryl methyl sites for hydroxylation is 2. The first-order valence-electron chi connectivity index (χ1n) is 7.23. The molecule has 1 saturated carbocycles. The van der Waals surface area contributed by atoms with Gasteiger partial charge in [-0.1, -0.05) is 5.16 Å². The number of nitrogens with one attached hydrogen (secondary N) is 1. The number of rotatable bonds is 3. The topological polar surface area (TPSA) is 105 Å². The van der Waals surface area contributed by atoms with E-state index in [-0.39, 0.29) is 17.9 Å². The molecule has 22 heavy (non-hydrogen) atoms. The molecule has 0 unspecified atom stereocenters. The van der Waals surface area contributed by atoms with Crippen molar-refractivity contribution in [3.63, 3.8) is 0 Å². The van der Waals surface area contributed by atoms with E-state index in [4.69, 9.17) is 9.63 Å². The Morgan fingerprint density at radius 1 is 1.36 bits per heavy atom. The Morgan fingerprint density at radius 2 is 2.14 bits per heavy atom. The summed E-state index contributed by atoms with van der Waals surface area (Å²) < 4.78 is 5.12. The Bertz CT molecular complexity index is 753. The average Bonchev–Trinajstić information content (AvgIpc) is 3.05. The summed E-state index contributed by atoms with van der Waals surface area (Å²) in [5.41, 5.74) is 2.10. The summed E-state index contributed by atoms with van der Waals surface area (Å²) in [5, 5.41) is 16.4. The summed E-state index contributed by atoms with van der Waals surface area (Å²) in [6.07, 6.45) is 1.74. The molecule has 1 aliphatic rings. The molecule has 0 aliphatic heterocycles. The molecular formula is C15H17N3O4. The minimum atomic E-state index is -0.797. The highest BCUT2D eigenvalue weighted by Crippen LogP contribution is 2.27. The predicted octanol–water partition coefficient (Wildman–Crippen LogP) is 1.82. The third-order valence-corrected chi connectivity index (χ3v) is 4.11. The van der Waals surface area contributed by atoms with Gasteiger partial charge in [-0.25, -0.2) is 4.98 Å². The number of hydrogen-bond acceptors (Lipinski definition) is 5. The molecule has 116 valence electrons. The van der Waals surface area contributed by atoms with Crippen molar-refractivity contribution in [2.75, 3.05) is 0 Å². The minimum absolute atomic E-state index is 0.114. The molecule has 0 aromatic carbocycles. The summed E-state index contributed by atoms with van der Waals surface area (Å²) in [6, 6.07) is 1.59. The first-order chi connectivity index (χ1) is 10.5. The van der Waals surface area contributed by atoms with Crippen molar-refractivity contribution in [3.8, 4) is 0 Å². The van der Waals surface area contributed by atoms with Crippen LogP contribution in [0.4, 0.5) is 0 Å². The molecule has 3 rings (SSSR count). The van der Waals surface area contributed by atoms with Crippen LogP contribution in [0.5, 0.6) is 0 Å². The van der Waals surface area contributed by atoms with Crippen molar-refractivity contribution in [1.82, 2.24) is 15.5 Å². The van der Waals surface area contributed by atoms with E-state index in [0.29, 0.717) is 47.3 Å². The van der Waals surface area contributed by atoms with Gasteiger partial charge >= 0.3 is 5.97 Å². The zero-order chi connectivity index (χ0) is 15.9. The number of aromatic nitrogens is 2. The highest BCUT2D eigenvalue weighted by atomic mass is 16.5. The molecule has 0 radical (unpaired) electrons. The summed E-state index contributed by atoms with van der Waals surface area (Å²) in [6.45, 7) is 3.54. The van der Waals surface area contributed by atoms with E-state index in [1.165, 1.54) is 0 Å². The Hall–Kier alpha value is -2.44. The number of pyridine rings is 1. The maximum Gasteiger partial charge on any atom is 0.306 e. The summed E-state index contributed by atoms with van der Waals surface area (Å²) in [4.78, 5) is 27.7. The fraction of sp³-hybridized carbons (Fsp3) is 0.467. The zero-order valence-electron chi connectivity index (χ0n) is 12.4. The van der Waals surface area contributed by atoms with Gasteiger partial charge < -0.3 is 14.9 Å². The molecular weight excluding hydrogens is 286 g/mol. The molecule has 1 fully saturated rings. The minimum Gasteiger partial charge on any atom is -0.481 e. The molecule has 2 heterocycles. The van der Waals surface area contributed by atoms with Crippen LogP contribution < -0.4 is 5.32 Å². The lowest BCUT2D eigenvalue weighted by molar-refractivity contribution is -0.141. The van der Waals surface area contributed by atoms with Crippen molar-refractivity contribution in [2.45, 2.75) is 39.2 Å². The van der Waals surface area contributed by atoms with Crippen molar-refractivity contribution in [2.24, 2.45) is 5.92 Å². The van der Waals surface area contributed by atoms with Gasteiger partial charge in [0.25, 0.3) is 11.6 Å². The molecule has 7 heteroatoms. The Labute approximate surface area is 126 Å². The number of amides is 1. The normalized spacial score (nSPS) is 21.2. The first kappa shape index (κ1) is 14.5.